The maximum absolute atomic E-state index is 11.5. The Morgan fingerprint density at radius 1 is 1.17 bits per heavy atom. The smallest absolute Gasteiger partial charge is 0.260 e. The quantitative estimate of drug-likeness (QED) is 0.571. The monoisotopic (exact) mass is 319 g/mol. The molecule has 0 saturated heterocycles. The third-order valence-corrected chi connectivity index (χ3v) is 3.06. The molecule has 0 atom stereocenters. The van der Waals surface area contributed by atoms with Crippen LogP contribution in [0.5, 0.6) is 0 Å². The van der Waals surface area contributed by atoms with Gasteiger partial charge < -0.3 is 15.5 Å². The van der Waals surface area contributed by atoms with Crippen LogP contribution in [0.3, 0.4) is 0 Å². The summed E-state index contributed by atoms with van der Waals surface area (Å²) in [5.74, 6) is 0.259. The number of hydrogen-bond acceptors (Lipinski definition) is 4. The Balaban J connectivity index is 2.41. The Hall–Kier alpha value is -2.37. The van der Waals surface area contributed by atoms with Crippen LogP contribution < -0.4 is 10.6 Å². The van der Waals surface area contributed by atoms with Gasteiger partial charge in [-0.2, -0.15) is 0 Å². The number of rotatable bonds is 8. The average molecular weight is 319 g/mol. The summed E-state index contributed by atoms with van der Waals surface area (Å²) in [6.45, 7) is 8.01. The number of hydrogen-bond donors (Lipinski definition) is 2. The van der Waals surface area contributed by atoms with Gasteiger partial charge in [-0.3, -0.25) is 9.59 Å². The molecule has 0 aliphatic rings. The SMILES string of the molecule is CC(=O)Nc1ccc(/C(C)=N/OCC(=O)NCCC(C)C)cc1. The van der Waals surface area contributed by atoms with Crippen LogP contribution in [0.25, 0.3) is 0 Å². The maximum Gasteiger partial charge on any atom is 0.260 e. The highest BCUT2D eigenvalue weighted by molar-refractivity contribution is 5.99. The summed E-state index contributed by atoms with van der Waals surface area (Å²) in [4.78, 5) is 27.6. The van der Waals surface area contributed by atoms with Gasteiger partial charge in [0.15, 0.2) is 6.61 Å². The first kappa shape index (κ1) is 18.7. The third-order valence-electron chi connectivity index (χ3n) is 3.06. The number of carbonyl (C=O) groups is 2. The van der Waals surface area contributed by atoms with E-state index in [9.17, 15) is 9.59 Å². The minimum absolute atomic E-state index is 0.0978. The molecule has 23 heavy (non-hydrogen) atoms. The van der Waals surface area contributed by atoms with Crippen molar-refractivity contribution in [1.29, 1.82) is 0 Å². The van der Waals surface area contributed by atoms with Crippen molar-refractivity contribution in [3.05, 3.63) is 29.8 Å². The van der Waals surface area contributed by atoms with Gasteiger partial charge >= 0.3 is 0 Å². The second kappa shape index (κ2) is 9.61. The van der Waals surface area contributed by atoms with Crippen molar-refractivity contribution in [3.8, 4) is 0 Å². The van der Waals surface area contributed by atoms with Crippen molar-refractivity contribution in [3.63, 3.8) is 0 Å². The zero-order valence-electron chi connectivity index (χ0n) is 14.2. The third kappa shape index (κ3) is 7.99. The van der Waals surface area contributed by atoms with Crippen LogP contribution in [-0.2, 0) is 14.4 Å². The Morgan fingerprint density at radius 2 is 1.83 bits per heavy atom. The van der Waals surface area contributed by atoms with Gasteiger partial charge in [-0.1, -0.05) is 31.1 Å². The molecule has 126 valence electrons. The lowest BCUT2D eigenvalue weighted by Crippen LogP contribution is -2.28. The van der Waals surface area contributed by atoms with Crippen LogP contribution in [0.2, 0.25) is 0 Å². The van der Waals surface area contributed by atoms with Crippen LogP contribution in [0.4, 0.5) is 5.69 Å². The number of nitrogens with one attached hydrogen (secondary N) is 2. The summed E-state index contributed by atoms with van der Waals surface area (Å²) in [7, 11) is 0. The first-order chi connectivity index (χ1) is 10.9. The zero-order valence-corrected chi connectivity index (χ0v) is 14.2. The second-order valence-electron chi connectivity index (χ2n) is 5.74. The van der Waals surface area contributed by atoms with Crippen LogP contribution in [0.15, 0.2) is 29.4 Å². The van der Waals surface area contributed by atoms with E-state index >= 15 is 0 Å². The molecule has 0 spiro atoms. The van der Waals surface area contributed by atoms with E-state index in [2.05, 4.69) is 29.6 Å². The van der Waals surface area contributed by atoms with Crippen molar-refractivity contribution in [2.24, 2.45) is 11.1 Å². The molecule has 1 rings (SSSR count). The van der Waals surface area contributed by atoms with Crippen LogP contribution in [0, 0.1) is 5.92 Å². The molecule has 0 fully saturated rings. The predicted molar refractivity (Wildman–Crippen MR) is 91.4 cm³/mol. The summed E-state index contributed by atoms with van der Waals surface area (Å²) in [6, 6.07) is 7.23. The summed E-state index contributed by atoms with van der Waals surface area (Å²) in [5, 5.41) is 9.41. The van der Waals surface area contributed by atoms with E-state index < -0.39 is 0 Å². The molecule has 0 aromatic heterocycles. The molecule has 0 unspecified atom stereocenters. The van der Waals surface area contributed by atoms with Crippen LogP contribution in [0.1, 0.15) is 39.7 Å². The molecular formula is C17H25N3O3. The van der Waals surface area contributed by atoms with Crippen molar-refractivity contribution in [1.82, 2.24) is 5.32 Å². The molecule has 0 aliphatic carbocycles. The van der Waals surface area contributed by atoms with Crippen LogP contribution >= 0.6 is 0 Å². The molecule has 6 nitrogen and oxygen atoms in total. The van der Waals surface area contributed by atoms with Gasteiger partial charge in [0.1, 0.15) is 0 Å². The van der Waals surface area contributed by atoms with Crippen molar-refractivity contribution in [2.75, 3.05) is 18.5 Å². The van der Waals surface area contributed by atoms with Gasteiger partial charge in [0.2, 0.25) is 5.91 Å². The zero-order chi connectivity index (χ0) is 17.2. The van der Waals surface area contributed by atoms with E-state index in [1.807, 2.05) is 12.1 Å². The van der Waals surface area contributed by atoms with Gasteiger partial charge in [0.05, 0.1) is 5.71 Å². The predicted octanol–water partition coefficient (Wildman–Crippen LogP) is 2.55. The lowest BCUT2D eigenvalue weighted by Gasteiger charge is -2.07. The van der Waals surface area contributed by atoms with Crippen molar-refractivity contribution < 1.29 is 14.4 Å². The highest BCUT2D eigenvalue weighted by Crippen LogP contribution is 2.10. The largest absolute Gasteiger partial charge is 0.385 e. The Morgan fingerprint density at radius 3 is 2.39 bits per heavy atom. The number of oxime groups is 1. The van der Waals surface area contributed by atoms with Gasteiger partial charge in [-0.05, 0) is 37.0 Å². The molecule has 0 heterocycles. The second-order valence-corrected chi connectivity index (χ2v) is 5.74. The summed E-state index contributed by atoms with van der Waals surface area (Å²) in [6.07, 6.45) is 0.939. The molecule has 2 amide bonds. The highest BCUT2D eigenvalue weighted by atomic mass is 16.6. The van der Waals surface area contributed by atoms with Crippen LogP contribution in [-0.4, -0.2) is 30.7 Å². The lowest BCUT2D eigenvalue weighted by atomic mass is 10.1. The summed E-state index contributed by atoms with van der Waals surface area (Å²) in [5.41, 5.74) is 2.24. The first-order valence-electron chi connectivity index (χ1n) is 7.69. The van der Waals surface area contributed by atoms with Gasteiger partial charge in [-0.25, -0.2) is 0 Å². The number of nitrogens with zero attached hydrogens (tertiary/aromatic N) is 1. The lowest BCUT2D eigenvalue weighted by molar-refractivity contribution is -0.125. The van der Waals surface area contributed by atoms with E-state index in [1.165, 1.54) is 6.92 Å². The molecule has 6 heteroatoms. The fourth-order valence-electron chi connectivity index (χ4n) is 1.79. The minimum Gasteiger partial charge on any atom is -0.385 e. The molecule has 2 N–H and O–H groups in total. The molecular weight excluding hydrogens is 294 g/mol. The molecule has 0 bridgehead atoms. The molecule has 1 aromatic rings. The standard InChI is InChI=1S/C17H25N3O3/c1-12(2)9-10-18-17(22)11-23-20-13(3)15-5-7-16(8-6-15)19-14(4)21/h5-8,12H,9-11H2,1-4H3,(H,18,22)(H,19,21)/b20-13+. The number of amides is 2. The van der Waals surface area contributed by atoms with Gasteiger partial charge in [0, 0.05) is 19.2 Å². The Labute approximate surface area is 137 Å². The van der Waals surface area contributed by atoms with E-state index in [0.29, 0.717) is 18.2 Å². The molecule has 0 aliphatic heterocycles. The first-order valence-corrected chi connectivity index (χ1v) is 7.69. The number of carbonyl (C=O) groups excluding carboxylic acids is 2. The fraction of sp³-hybridized carbons (Fsp3) is 0.471. The van der Waals surface area contributed by atoms with E-state index in [0.717, 1.165) is 17.7 Å². The Bertz CT molecular complexity index is 551. The highest BCUT2D eigenvalue weighted by Gasteiger charge is 2.03. The molecule has 1 aromatic carbocycles. The van der Waals surface area contributed by atoms with E-state index in [-0.39, 0.29) is 18.4 Å². The summed E-state index contributed by atoms with van der Waals surface area (Å²) >= 11 is 0. The minimum atomic E-state index is -0.178. The van der Waals surface area contributed by atoms with Gasteiger partial charge in [0.25, 0.3) is 5.91 Å². The maximum atomic E-state index is 11.5. The van der Waals surface area contributed by atoms with Gasteiger partial charge in [-0.15, -0.1) is 0 Å². The number of anilines is 1. The van der Waals surface area contributed by atoms with E-state index in [4.69, 9.17) is 4.84 Å². The topological polar surface area (TPSA) is 79.8 Å². The fourth-order valence-corrected chi connectivity index (χ4v) is 1.79. The van der Waals surface area contributed by atoms with E-state index in [1.54, 1.807) is 19.1 Å². The Kier molecular flexibility index (Phi) is 7.80. The summed E-state index contributed by atoms with van der Waals surface area (Å²) < 4.78 is 0. The van der Waals surface area contributed by atoms with Crippen molar-refractivity contribution >= 4 is 23.2 Å². The van der Waals surface area contributed by atoms with Crippen molar-refractivity contribution in [2.45, 2.75) is 34.1 Å². The molecule has 0 radical (unpaired) electrons. The molecule has 0 saturated carbocycles. The normalized spacial score (nSPS) is 11.3. The average Bonchev–Trinajstić information content (AvgIpc) is 2.46. The number of benzene rings is 1.